The van der Waals surface area contributed by atoms with Gasteiger partial charge in [-0.2, -0.15) is 0 Å². The highest BCUT2D eigenvalue weighted by atomic mass is 16.2. The Morgan fingerprint density at radius 1 is 1.00 bits per heavy atom. The maximum atomic E-state index is 12.7. The average molecular weight is 295 g/mol. The molecule has 1 amide bonds. The number of hydrogen-bond acceptors (Lipinski definition) is 3. The van der Waals surface area contributed by atoms with Gasteiger partial charge < -0.3 is 9.80 Å². The van der Waals surface area contributed by atoms with Gasteiger partial charge in [-0.15, -0.1) is 0 Å². The molecule has 0 aromatic carbocycles. The number of carbonyl (C=O) groups excluding carboxylic acids is 1. The van der Waals surface area contributed by atoms with Crippen molar-refractivity contribution in [1.29, 1.82) is 0 Å². The van der Waals surface area contributed by atoms with E-state index >= 15 is 0 Å². The van der Waals surface area contributed by atoms with E-state index in [2.05, 4.69) is 42.4 Å². The summed E-state index contributed by atoms with van der Waals surface area (Å²) < 4.78 is 0. The van der Waals surface area contributed by atoms with Gasteiger partial charge in [-0.25, -0.2) is 0 Å². The molecule has 2 rings (SSSR count). The third-order valence-electron chi connectivity index (χ3n) is 5.02. The van der Waals surface area contributed by atoms with Crippen molar-refractivity contribution in [3.05, 3.63) is 0 Å². The van der Waals surface area contributed by atoms with Gasteiger partial charge in [-0.05, 0) is 59.7 Å². The first-order chi connectivity index (χ1) is 9.91. The van der Waals surface area contributed by atoms with Crippen LogP contribution in [0.3, 0.4) is 0 Å². The molecule has 0 aromatic rings. The molecule has 4 heteroatoms. The highest BCUT2D eigenvalue weighted by molar-refractivity contribution is 5.79. The van der Waals surface area contributed by atoms with Gasteiger partial charge in [0, 0.05) is 37.6 Å². The van der Waals surface area contributed by atoms with Gasteiger partial charge in [0.2, 0.25) is 5.91 Å². The maximum Gasteiger partial charge on any atom is 0.225 e. The van der Waals surface area contributed by atoms with E-state index in [4.69, 9.17) is 0 Å². The minimum absolute atomic E-state index is 0.223. The van der Waals surface area contributed by atoms with Crippen LogP contribution in [0.2, 0.25) is 0 Å². The molecule has 0 bridgehead atoms. The first-order valence-corrected chi connectivity index (χ1v) is 8.68. The lowest BCUT2D eigenvalue weighted by molar-refractivity contribution is -0.139. The van der Waals surface area contributed by atoms with Crippen molar-refractivity contribution in [2.45, 2.75) is 52.5 Å². The van der Waals surface area contributed by atoms with Crippen LogP contribution < -0.4 is 0 Å². The van der Waals surface area contributed by atoms with Crippen LogP contribution in [0.15, 0.2) is 0 Å². The largest absolute Gasteiger partial charge is 0.340 e. The van der Waals surface area contributed by atoms with Gasteiger partial charge in [-0.1, -0.05) is 6.92 Å². The molecule has 2 aliphatic heterocycles. The fourth-order valence-corrected chi connectivity index (χ4v) is 3.58. The monoisotopic (exact) mass is 295 g/mol. The number of rotatable bonds is 3. The summed E-state index contributed by atoms with van der Waals surface area (Å²) in [6.07, 6.45) is 3.32. The van der Waals surface area contributed by atoms with Crippen molar-refractivity contribution < 1.29 is 4.79 Å². The topological polar surface area (TPSA) is 26.8 Å². The van der Waals surface area contributed by atoms with Crippen LogP contribution >= 0.6 is 0 Å². The predicted octanol–water partition coefficient (Wildman–Crippen LogP) is 2.05. The second kappa shape index (κ2) is 7.10. The normalized spacial score (nSPS) is 23.5. The fraction of sp³-hybridized carbons (Fsp3) is 0.941. The Morgan fingerprint density at radius 3 is 2.05 bits per heavy atom. The summed E-state index contributed by atoms with van der Waals surface area (Å²) >= 11 is 0. The van der Waals surface area contributed by atoms with Crippen LogP contribution in [0.5, 0.6) is 0 Å². The zero-order valence-corrected chi connectivity index (χ0v) is 14.4. The summed E-state index contributed by atoms with van der Waals surface area (Å²) in [4.78, 5) is 19.8. The Bertz CT molecular complexity index is 334. The molecule has 0 atom stereocenters. The molecule has 0 radical (unpaired) electrons. The average Bonchev–Trinajstić information content (AvgIpc) is 2.47. The van der Waals surface area contributed by atoms with Gasteiger partial charge in [0.05, 0.1) is 0 Å². The second-order valence-corrected chi connectivity index (χ2v) is 7.60. The first kappa shape index (κ1) is 16.8. The van der Waals surface area contributed by atoms with E-state index in [9.17, 15) is 4.79 Å². The molecule has 0 unspecified atom stereocenters. The highest BCUT2D eigenvalue weighted by Gasteiger charge is 2.32. The van der Waals surface area contributed by atoms with Crippen molar-refractivity contribution in [3.63, 3.8) is 0 Å². The minimum Gasteiger partial charge on any atom is -0.340 e. The van der Waals surface area contributed by atoms with Crippen LogP contribution in [0.1, 0.15) is 47.0 Å². The van der Waals surface area contributed by atoms with E-state index in [0.717, 1.165) is 52.1 Å². The Kier molecular flexibility index (Phi) is 5.67. The van der Waals surface area contributed by atoms with E-state index in [1.54, 1.807) is 0 Å². The SMILES string of the molecule is CCCN1CCC(C(=O)N2CCN(C(C)(C)C)CC2)CC1. The maximum absolute atomic E-state index is 12.7. The smallest absolute Gasteiger partial charge is 0.225 e. The molecular weight excluding hydrogens is 262 g/mol. The Balaban J connectivity index is 1.78. The minimum atomic E-state index is 0.223. The second-order valence-electron chi connectivity index (χ2n) is 7.60. The van der Waals surface area contributed by atoms with E-state index in [1.165, 1.54) is 13.0 Å². The first-order valence-electron chi connectivity index (χ1n) is 8.68. The summed E-state index contributed by atoms with van der Waals surface area (Å²) in [7, 11) is 0. The summed E-state index contributed by atoms with van der Waals surface area (Å²) in [6.45, 7) is 16.2. The van der Waals surface area contributed by atoms with Crippen LogP contribution in [-0.2, 0) is 4.79 Å². The molecule has 21 heavy (non-hydrogen) atoms. The Hall–Kier alpha value is -0.610. The number of nitrogens with zero attached hydrogens (tertiary/aromatic N) is 3. The van der Waals surface area contributed by atoms with E-state index < -0.39 is 0 Å². The number of hydrogen-bond donors (Lipinski definition) is 0. The van der Waals surface area contributed by atoms with E-state index in [0.29, 0.717) is 5.91 Å². The van der Waals surface area contributed by atoms with Crippen molar-refractivity contribution >= 4 is 5.91 Å². The molecule has 0 aliphatic carbocycles. The zero-order chi connectivity index (χ0) is 15.5. The number of piperazine rings is 1. The third kappa shape index (κ3) is 4.43. The predicted molar refractivity (Wildman–Crippen MR) is 87.4 cm³/mol. The molecule has 4 nitrogen and oxygen atoms in total. The van der Waals surface area contributed by atoms with Gasteiger partial charge in [0.25, 0.3) is 0 Å². The molecule has 0 saturated carbocycles. The van der Waals surface area contributed by atoms with Gasteiger partial charge in [0.1, 0.15) is 0 Å². The van der Waals surface area contributed by atoms with Crippen LogP contribution in [0, 0.1) is 5.92 Å². The lowest BCUT2D eigenvalue weighted by atomic mass is 9.94. The molecule has 2 aliphatic rings. The molecule has 0 spiro atoms. The highest BCUT2D eigenvalue weighted by Crippen LogP contribution is 2.22. The summed E-state index contributed by atoms with van der Waals surface area (Å²) in [5.41, 5.74) is 0.223. The molecule has 0 aromatic heterocycles. The lowest BCUT2D eigenvalue weighted by Gasteiger charge is -2.43. The van der Waals surface area contributed by atoms with E-state index in [1.807, 2.05) is 0 Å². The Labute approximate surface area is 130 Å². The molecule has 2 saturated heterocycles. The summed E-state index contributed by atoms with van der Waals surface area (Å²) in [5.74, 6) is 0.694. The van der Waals surface area contributed by atoms with Crippen LogP contribution in [0.4, 0.5) is 0 Å². The van der Waals surface area contributed by atoms with Crippen molar-refractivity contribution in [3.8, 4) is 0 Å². The Morgan fingerprint density at radius 2 is 1.57 bits per heavy atom. The van der Waals surface area contributed by atoms with Crippen molar-refractivity contribution in [1.82, 2.24) is 14.7 Å². The summed E-state index contributed by atoms with van der Waals surface area (Å²) in [5, 5.41) is 0. The van der Waals surface area contributed by atoms with Crippen LogP contribution in [0.25, 0.3) is 0 Å². The summed E-state index contributed by atoms with van der Waals surface area (Å²) in [6, 6.07) is 0. The molecule has 0 N–H and O–H groups in total. The van der Waals surface area contributed by atoms with Gasteiger partial charge in [0.15, 0.2) is 0 Å². The van der Waals surface area contributed by atoms with Crippen molar-refractivity contribution in [2.75, 3.05) is 45.8 Å². The quantitative estimate of drug-likeness (QED) is 0.797. The molecule has 122 valence electrons. The standard InChI is InChI=1S/C17H33N3O/c1-5-8-18-9-6-15(7-10-18)16(21)19-11-13-20(14-12-19)17(2,3)4/h15H,5-14H2,1-4H3. The van der Waals surface area contributed by atoms with E-state index in [-0.39, 0.29) is 11.5 Å². The van der Waals surface area contributed by atoms with Gasteiger partial charge >= 0.3 is 0 Å². The number of piperidine rings is 1. The molecular formula is C17H33N3O. The number of likely N-dealkylation sites (tertiary alicyclic amines) is 1. The third-order valence-corrected chi connectivity index (χ3v) is 5.02. The zero-order valence-electron chi connectivity index (χ0n) is 14.4. The fourth-order valence-electron chi connectivity index (χ4n) is 3.58. The molecule has 2 heterocycles. The van der Waals surface area contributed by atoms with Crippen LogP contribution in [-0.4, -0.2) is 72.0 Å². The number of carbonyl (C=O) groups is 1. The molecule has 2 fully saturated rings. The van der Waals surface area contributed by atoms with Crippen molar-refractivity contribution in [2.24, 2.45) is 5.92 Å². The lowest BCUT2D eigenvalue weighted by Crippen LogP contribution is -2.56. The van der Waals surface area contributed by atoms with Gasteiger partial charge in [-0.3, -0.25) is 9.69 Å². The number of amides is 1.